The molecule has 1 aliphatic rings. The van der Waals surface area contributed by atoms with Gasteiger partial charge in [0.05, 0.1) is 0 Å². The number of benzene rings is 8. The lowest BCUT2D eigenvalue weighted by molar-refractivity contribution is 0.661. The van der Waals surface area contributed by atoms with Gasteiger partial charge in [-0.15, -0.1) is 0 Å². The molecule has 1 heteroatoms. The molecule has 0 atom stereocenters. The van der Waals surface area contributed by atoms with Gasteiger partial charge in [-0.05, 0) is 109 Å². The molecular weight excluding hydrogens is 627 g/mol. The summed E-state index contributed by atoms with van der Waals surface area (Å²) in [5, 5.41) is 0. The maximum Gasteiger partial charge on any atom is 0.0471 e. The second-order valence-electron chi connectivity index (χ2n) is 14.2. The van der Waals surface area contributed by atoms with Crippen molar-refractivity contribution in [2.24, 2.45) is 0 Å². The number of fused-ring (bicyclic) bond motifs is 3. The molecule has 0 N–H and O–H groups in total. The normalized spacial score (nSPS) is 12.6. The topological polar surface area (TPSA) is 3.24 Å². The van der Waals surface area contributed by atoms with Crippen LogP contribution >= 0.6 is 0 Å². The Morgan fingerprint density at radius 3 is 1.19 bits per heavy atom. The van der Waals surface area contributed by atoms with Crippen LogP contribution in [0.1, 0.15) is 25.0 Å². The van der Waals surface area contributed by atoms with Gasteiger partial charge in [0.1, 0.15) is 0 Å². The molecule has 0 radical (unpaired) electrons. The molecule has 0 aromatic heterocycles. The molecule has 1 nitrogen and oxygen atoms in total. The third-order valence-electron chi connectivity index (χ3n) is 10.7. The Morgan fingerprint density at radius 2 is 0.712 bits per heavy atom. The summed E-state index contributed by atoms with van der Waals surface area (Å²) in [4.78, 5) is 2.42. The Hall–Kier alpha value is -6.44. The first-order valence-corrected chi connectivity index (χ1v) is 18.1. The van der Waals surface area contributed by atoms with Gasteiger partial charge >= 0.3 is 0 Å². The molecule has 0 amide bonds. The average molecular weight is 666 g/mol. The predicted molar refractivity (Wildman–Crippen MR) is 220 cm³/mol. The van der Waals surface area contributed by atoms with Crippen molar-refractivity contribution >= 4 is 17.1 Å². The molecule has 8 aromatic carbocycles. The first-order chi connectivity index (χ1) is 25.5. The van der Waals surface area contributed by atoms with Gasteiger partial charge in [0.15, 0.2) is 0 Å². The van der Waals surface area contributed by atoms with E-state index in [1.54, 1.807) is 0 Å². The molecule has 8 aromatic rings. The van der Waals surface area contributed by atoms with Gasteiger partial charge in [0.2, 0.25) is 0 Å². The van der Waals surface area contributed by atoms with E-state index in [1.807, 2.05) is 0 Å². The smallest absolute Gasteiger partial charge is 0.0471 e. The van der Waals surface area contributed by atoms with Crippen LogP contribution in [0, 0.1) is 0 Å². The molecular formula is C51H39N. The summed E-state index contributed by atoms with van der Waals surface area (Å²) >= 11 is 0. The third kappa shape index (κ3) is 5.61. The lowest BCUT2D eigenvalue weighted by Gasteiger charge is -2.29. The maximum absolute atomic E-state index is 2.44. The third-order valence-corrected chi connectivity index (χ3v) is 10.7. The van der Waals surface area contributed by atoms with Gasteiger partial charge in [0.25, 0.3) is 0 Å². The maximum atomic E-state index is 2.44. The highest BCUT2D eigenvalue weighted by Crippen LogP contribution is 2.55. The highest BCUT2D eigenvalue weighted by Gasteiger charge is 2.38. The van der Waals surface area contributed by atoms with Gasteiger partial charge in [-0.2, -0.15) is 0 Å². The van der Waals surface area contributed by atoms with Crippen molar-refractivity contribution in [3.05, 3.63) is 211 Å². The molecule has 248 valence electrons. The van der Waals surface area contributed by atoms with Crippen LogP contribution < -0.4 is 4.90 Å². The van der Waals surface area contributed by atoms with Gasteiger partial charge in [-0.1, -0.05) is 172 Å². The largest absolute Gasteiger partial charge is 0.310 e. The van der Waals surface area contributed by atoms with Crippen LogP contribution in [0.15, 0.2) is 200 Å². The lowest BCUT2D eigenvalue weighted by atomic mass is 9.81. The van der Waals surface area contributed by atoms with Crippen molar-refractivity contribution in [3.8, 4) is 55.6 Å². The van der Waals surface area contributed by atoms with Crippen LogP contribution in [0.5, 0.6) is 0 Å². The zero-order chi connectivity index (χ0) is 35.1. The standard InChI is InChI=1S/C51H39N/c1-51(2)48-33-42(38-19-11-5-12-20-38)27-32-46(48)50-47(41-21-13-6-14-22-41)34-45(35-49(50)51)52(43-28-23-39(24-29-43)36-15-7-3-8-16-36)44-30-25-40(26-31-44)37-17-9-4-10-18-37/h3-35H,1-2H3. The van der Waals surface area contributed by atoms with E-state index in [4.69, 9.17) is 0 Å². The van der Waals surface area contributed by atoms with Crippen molar-refractivity contribution in [3.63, 3.8) is 0 Å². The summed E-state index contributed by atoms with van der Waals surface area (Å²) in [5.74, 6) is 0. The van der Waals surface area contributed by atoms with Crippen LogP contribution in [0.25, 0.3) is 55.6 Å². The minimum Gasteiger partial charge on any atom is -0.310 e. The van der Waals surface area contributed by atoms with E-state index in [9.17, 15) is 0 Å². The first kappa shape index (κ1) is 31.5. The van der Waals surface area contributed by atoms with E-state index in [0.717, 1.165) is 17.1 Å². The summed E-state index contributed by atoms with van der Waals surface area (Å²) in [6.07, 6.45) is 0. The average Bonchev–Trinajstić information content (AvgIpc) is 3.45. The fourth-order valence-electron chi connectivity index (χ4n) is 7.93. The number of hydrogen-bond acceptors (Lipinski definition) is 1. The quantitative estimate of drug-likeness (QED) is 0.164. The molecule has 0 fully saturated rings. The summed E-state index contributed by atoms with van der Waals surface area (Å²) < 4.78 is 0. The Kier molecular flexibility index (Phi) is 7.90. The van der Waals surface area contributed by atoms with Crippen molar-refractivity contribution in [1.82, 2.24) is 0 Å². The lowest BCUT2D eigenvalue weighted by Crippen LogP contribution is -2.17. The van der Waals surface area contributed by atoms with E-state index in [2.05, 4.69) is 219 Å². The zero-order valence-electron chi connectivity index (χ0n) is 29.5. The number of hydrogen-bond donors (Lipinski definition) is 0. The Balaban J connectivity index is 1.24. The Bertz CT molecular complexity index is 2400. The SMILES string of the molecule is CC1(C)c2cc(-c3ccccc3)ccc2-c2c(-c3ccccc3)cc(N(c3ccc(-c4ccccc4)cc3)c3ccc(-c4ccccc4)cc3)cc21. The van der Waals surface area contributed by atoms with Crippen LogP contribution in [-0.4, -0.2) is 0 Å². The van der Waals surface area contributed by atoms with Gasteiger partial charge in [0, 0.05) is 22.5 Å². The molecule has 1 aliphatic carbocycles. The van der Waals surface area contributed by atoms with Gasteiger partial charge < -0.3 is 4.90 Å². The number of nitrogens with zero attached hydrogens (tertiary/aromatic N) is 1. The Labute approximate surface area is 307 Å². The van der Waals surface area contributed by atoms with Crippen molar-refractivity contribution < 1.29 is 0 Å². The number of anilines is 3. The van der Waals surface area contributed by atoms with E-state index < -0.39 is 0 Å². The highest BCUT2D eigenvalue weighted by atomic mass is 15.1. The van der Waals surface area contributed by atoms with Crippen LogP contribution in [-0.2, 0) is 5.41 Å². The van der Waals surface area contributed by atoms with Crippen molar-refractivity contribution in [2.75, 3.05) is 4.90 Å². The number of rotatable bonds is 7. The summed E-state index contributed by atoms with van der Waals surface area (Å²) in [6, 6.07) is 72.8. The Morgan fingerprint density at radius 1 is 0.308 bits per heavy atom. The van der Waals surface area contributed by atoms with E-state index >= 15 is 0 Å². The van der Waals surface area contributed by atoms with Crippen molar-refractivity contribution in [2.45, 2.75) is 19.3 Å². The fourth-order valence-corrected chi connectivity index (χ4v) is 7.93. The summed E-state index contributed by atoms with van der Waals surface area (Å²) in [6.45, 7) is 4.78. The molecule has 0 spiro atoms. The molecule has 0 saturated carbocycles. The molecule has 52 heavy (non-hydrogen) atoms. The van der Waals surface area contributed by atoms with Crippen LogP contribution in [0.4, 0.5) is 17.1 Å². The molecule has 9 rings (SSSR count). The van der Waals surface area contributed by atoms with Gasteiger partial charge in [-0.3, -0.25) is 0 Å². The molecule has 0 saturated heterocycles. The fraction of sp³-hybridized carbons (Fsp3) is 0.0588. The molecule has 0 bridgehead atoms. The highest BCUT2D eigenvalue weighted by molar-refractivity contribution is 5.97. The minimum absolute atomic E-state index is 0.213. The van der Waals surface area contributed by atoms with E-state index in [-0.39, 0.29) is 5.41 Å². The van der Waals surface area contributed by atoms with E-state index in [0.29, 0.717) is 0 Å². The second kappa shape index (κ2) is 13.0. The van der Waals surface area contributed by atoms with Crippen molar-refractivity contribution in [1.29, 1.82) is 0 Å². The predicted octanol–water partition coefficient (Wildman–Crippen LogP) is 14.1. The summed E-state index contributed by atoms with van der Waals surface area (Å²) in [7, 11) is 0. The van der Waals surface area contributed by atoms with Crippen LogP contribution in [0.3, 0.4) is 0 Å². The zero-order valence-corrected chi connectivity index (χ0v) is 29.5. The second-order valence-corrected chi connectivity index (χ2v) is 14.2. The molecule has 0 heterocycles. The first-order valence-electron chi connectivity index (χ1n) is 18.1. The molecule has 0 aliphatic heterocycles. The molecule has 0 unspecified atom stereocenters. The van der Waals surface area contributed by atoms with Crippen LogP contribution in [0.2, 0.25) is 0 Å². The minimum atomic E-state index is -0.213. The van der Waals surface area contributed by atoms with Gasteiger partial charge in [-0.25, -0.2) is 0 Å². The summed E-state index contributed by atoms with van der Waals surface area (Å²) in [5.41, 5.74) is 18.3. The van der Waals surface area contributed by atoms with E-state index in [1.165, 1.54) is 66.8 Å². The monoisotopic (exact) mass is 665 g/mol.